The predicted molar refractivity (Wildman–Crippen MR) is 98.8 cm³/mol. The monoisotopic (exact) mass is 468 g/mol. The second-order valence-electron chi connectivity index (χ2n) is 5.92. The van der Waals surface area contributed by atoms with Gasteiger partial charge in [-0.05, 0) is 12.1 Å². The highest BCUT2D eigenvalue weighted by atomic mass is 79.9. The number of rotatable bonds is 2. The SMILES string of the molecule is O=[N+]([O-])c1cc(Br)cc2c1N1Cc3cc(Br)cc([N+](=O)[O-])c3N(C2)C1. The average Bonchev–Trinajstić information content (AvgIpc) is 2.52. The van der Waals surface area contributed by atoms with Gasteiger partial charge in [0.25, 0.3) is 11.4 Å². The third-order valence-corrected chi connectivity index (χ3v) is 5.27. The summed E-state index contributed by atoms with van der Waals surface area (Å²) in [5.41, 5.74) is 2.79. The molecule has 4 rings (SSSR count). The maximum absolute atomic E-state index is 11.5. The molecule has 8 nitrogen and oxygen atoms in total. The first kappa shape index (κ1) is 16.3. The number of anilines is 2. The molecule has 128 valence electrons. The van der Waals surface area contributed by atoms with Gasteiger partial charge in [0.1, 0.15) is 11.4 Å². The summed E-state index contributed by atoms with van der Waals surface area (Å²) >= 11 is 6.62. The van der Waals surface area contributed by atoms with E-state index in [1.54, 1.807) is 0 Å². The minimum Gasteiger partial charge on any atom is -0.344 e. The van der Waals surface area contributed by atoms with Crippen molar-refractivity contribution in [3.63, 3.8) is 0 Å². The van der Waals surface area contributed by atoms with Gasteiger partial charge in [-0.25, -0.2) is 0 Å². The normalized spacial score (nSPS) is 14.8. The van der Waals surface area contributed by atoms with E-state index in [1.807, 2.05) is 21.9 Å². The van der Waals surface area contributed by atoms with Gasteiger partial charge < -0.3 is 9.80 Å². The summed E-state index contributed by atoms with van der Waals surface area (Å²) in [7, 11) is 0. The fraction of sp³-hybridized carbons (Fsp3) is 0.200. The summed E-state index contributed by atoms with van der Waals surface area (Å²) in [5.74, 6) is 0. The highest BCUT2D eigenvalue weighted by Crippen LogP contribution is 2.47. The topological polar surface area (TPSA) is 92.8 Å². The van der Waals surface area contributed by atoms with Crippen molar-refractivity contribution in [2.75, 3.05) is 16.5 Å². The first-order chi connectivity index (χ1) is 11.8. The summed E-state index contributed by atoms with van der Waals surface area (Å²) < 4.78 is 1.23. The molecule has 2 aromatic carbocycles. The minimum absolute atomic E-state index is 0.0389. The van der Waals surface area contributed by atoms with Crippen LogP contribution in [-0.4, -0.2) is 16.5 Å². The fourth-order valence-electron chi connectivity index (χ4n) is 3.55. The van der Waals surface area contributed by atoms with Crippen LogP contribution in [0, 0.1) is 20.2 Å². The molecule has 10 heteroatoms. The molecule has 2 aliphatic rings. The average molecular weight is 470 g/mol. The lowest BCUT2D eigenvalue weighted by Gasteiger charge is -2.43. The Morgan fingerprint density at radius 1 is 0.800 bits per heavy atom. The summed E-state index contributed by atoms with van der Waals surface area (Å²) in [6.07, 6.45) is 0. The Balaban J connectivity index is 1.91. The Morgan fingerprint density at radius 3 is 1.56 bits per heavy atom. The van der Waals surface area contributed by atoms with Crippen LogP contribution in [0.1, 0.15) is 11.1 Å². The molecule has 0 aromatic heterocycles. The molecule has 0 saturated heterocycles. The van der Waals surface area contributed by atoms with Gasteiger partial charge in [-0.3, -0.25) is 20.2 Å². The van der Waals surface area contributed by atoms with Gasteiger partial charge in [0.15, 0.2) is 0 Å². The van der Waals surface area contributed by atoms with E-state index in [1.165, 1.54) is 12.1 Å². The van der Waals surface area contributed by atoms with Crippen LogP contribution in [0.15, 0.2) is 33.2 Å². The van der Waals surface area contributed by atoms with Gasteiger partial charge in [-0.15, -0.1) is 0 Å². The van der Waals surface area contributed by atoms with Crippen molar-refractivity contribution in [1.82, 2.24) is 0 Å². The van der Waals surface area contributed by atoms with Gasteiger partial charge in [0.05, 0.1) is 16.5 Å². The smallest absolute Gasteiger partial charge is 0.294 e. The van der Waals surface area contributed by atoms with Crippen LogP contribution in [0.5, 0.6) is 0 Å². The van der Waals surface area contributed by atoms with Crippen molar-refractivity contribution in [1.29, 1.82) is 0 Å². The maximum atomic E-state index is 11.5. The second kappa shape index (κ2) is 5.67. The molecular formula is C15H10Br2N4O4. The summed E-state index contributed by atoms with van der Waals surface area (Å²) in [6.45, 7) is 1.13. The summed E-state index contributed by atoms with van der Waals surface area (Å²) in [6, 6.07) is 6.65. The van der Waals surface area contributed by atoms with Gasteiger partial charge in [-0.1, -0.05) is 31.9 Å². The standard InChI is InChI=1S/C15H10Br2N4O4/c16-10-1-8-5-18-7-19(14(8)12(3-10)20(22)23)6-9-2-11(17)4-13(15(9)18)21(24)25/h1-4H,5-7H2. The number of hydrogen-bond acceptors (Lipinski definition) is 6. The number of hydrogen-bond donors (Lipinski definition) is 0. The van der Waals surface area contributed by atoms with Crippen LogP contribution < -0.4 is 9.80 Å². The third-order valence-electron chi connectivity index (χ3n) is 4.36. The zero-order valence-electron chi connectivity index (χ0n) is 12.6. The van der Waals surface area contributed by atoms with Crippen LogP contribution in [0.3, 0.4) is 0 Å². The summed E-state index contributed by atoms with van der Waals surface area (Å²) in [4.78, 5) is 26.0. The van der Waals surface area contributed by atoms with E-state index in [0.29, 0.717) is 40.1 Å². The molecule has 0 fully saturated rings. The number of halogens is 2. The lowest BCUT2D eigenvalue weighted by molar-refractivity contribution is -0.384. The van der Waals surface area contributed by atoms with Crippen molar-refractivity contribution in [3.8, 4) is 0 Å². The predicted octanol–water partition coefficient (Wildman–Crippen LogP) is 4.33. The molecule has 0 unspecified atom stereocenters. The first-order valence-electron chi connectivity index (χ1n) is 7.28. The quantitative estimate of drug-likeness (QED) is 0.480. The first-order valence-corrected chi connectivity index (χ1v) is 8.87. The summed E-state index contributed by atoms with van der Waals surface area (Å²) in [5, 5.41) is 23.0. The van der Waals surface area contributed by atoms with Gasteiger partial charge in [0, 0.05) is 45.3 Å². The molecular weight excluding hydrogens is 460 g/mol. The Bertz CT molecular complexity index is 874. The Morgan fingerprint density at radius 2 is 1.20 bits per heavy atom. The van der Waals surface area contributed by atoms with E-state index in [9.17, 15) is 20.2 Å². The molecule has 0 spiro atoms. The third kappa shape index (κ3) is 2.56. The lowest BCUT2D eigenvalue weighted by Crippen LogP contribution is -2.46. The molecule has 0 saturated carbocycles. The van der Waals surface area contributed by atoms with Gasteiger partial charge in [0.2, 0.25) is 0 Å². The number of nitro benzene ring substituents is 2. The molecule has 0 amide bonds. The molecule has 2 heterocycles. The molecule has 25 heavy (non-hydrogen) atoms. The van der Waals surface area contributed by atoms with Gasteiger partial charge >= 0.3 is 0 Å². The Labute approximate surface area is 158 Å². The number of nitro groups is 2. The van der Waals surface area contributed by atoms with Gasteiger partial charge in [-0.2, -0.15) is 0 Å². The van der Waals surface area contributed by atoms with Crippen LogP contribution in [0.2, 0.25) is 0 Å². The molecule has 0 N–H and O–H groups in total. The van der Waals surface area contributed by atoms with Crippen LogP contribution in [-0.2, 0) is 13.1 Å². The van der Waals surface area contributed by atoms with E-state index in [2.05, 4.69) is 31.9 Å². The molecule has 2 aliphatic heterocycles. The zero-order chi connectivity index (χ0) is 17.9. The largest absolute Gasteiger partial charge is 0.344 e. The van der Waals surface area contributed by atoms with Crippen LogP contribution >= 0.6 is 31.9 Å². The van der Waals surface area contributed by atoms with Crippen molar-refractivity contribution in [3.05, 3.63) is 64.6 Å². The minimum atomic E-state index is -0.391. The number of benzene rings is 2. The highest BCUT2D eigenvalue weighted by molar-refractivity contribution is 9.10. The van der Waals surface area contributed by atoms with E-state index in [-0.39, 0.29) is 11.4 Å². The highest BCUT2D eigenvalue weighted by Gasteiger charge is 2.38. The van der Waals surface area contributed by atoms with Crippen molar-refractivity contribution < 1.29 is 9.85 Å². The van der Waals surface area contributed by atoms with Crippen molar-refractivity contribution in [2.45, 2.75) is 13.1 Å². The Hall–Kier alpha value is -2.20. The van der Waals surface area contributed by atoms with E-state index >= 15 is 0 Å². The maximum Gasteiger partial charge on any atom is 0.294 e. The molecule has 0 atom stereocenters. The number of fused-ring (bicyclic) bond motifs is 6. The molecule has 0 aliphatic carbocycles. The van der Waals surface area contributed by atoms with E-state index in [4.69, 9.17) is 0 Å². The molecule has 2 aromatic rings. The van der Waals surface area contributed by atoms with E-state index in [0.717, 1.165) is 11.1 Å². The van der Waals surface area contributed by atoms with Crippen molar-refractivity contribution >= 4 is 54.6 Å². The van der Waals surface area contributed by atoms with Crippen molar-refractivity contribution in [2.24, 2.45) is 0 Å². The second-order valence-corrected chi connectivity index (χ2v) is 7.75. The molecule has 0 radical (unpaired) electrons. The number of nitrogens with zero attached hydrogens (tertiary/aromatic N) is 4. The molecule has 2 bridgehead atoms. The van der Waals surface area contributed by atoms with Crippen LogP contribution in [0.25, 0.3) is 0 Å². The lowest BCUT2D eigenvalue weighted by atomic mass is 10.00. The zero-order valence-corrected chi connectivity index (χ0v) is 15.8. The van der Waals surface area contributed by atoms with Crippen LogP contribution in [0.4, 0.5) is 22.7 Å². The Kier molecular flexibility index (Phi) is 3.69. The fourth-order valence-corrected chi connectivity index (χ4v) is 4.53. The van der Waals surface area contributed by atoms with E-state index < -0.39 is 9.85 Å².